The van der Waals surface area contributed by atoms with E-state index < -0.39 is 11.8 Å². The molecule has 7 heteroatoms. The van der Waals surface area contributed by atoms with Crippen LogP contribution in [0.3, 0.4) is 0 Å². The van der Waals surface area contributed by atoms with Crippen molar-refractivity contribution in [1.29, 1.82) is 0 Å². The van der Waals surface area contributed by atoms with Gasteiger partial charge in [-0.15, -0.1) is 0 Å². The van der Waals surface area contributed by atoms with E-state index in [0.717, 1.165) is 0 Å². The van der Waals surface area contributed by atoms with Crippen LogP contribution >= 0.6 is 23.2 Å². The first kappa shape index (κ1) is 14.3. The van der Waals surface area contributed by atoms with Gasteiger partial charge in [0.25, 0.3) is 0 Å². The maximum atomic E-state index is 11.7. The van der Waals surface area contributed by atoms with Crippen molar-refractivity contribution in [3.8, 4) is 0 Å². The van der Waals surface area contributed by atoms with Gasteiger partial charge in [0.05, 0.1) is 11.9 Å². The summed E-state index contributed by atoms with van der Waals surface area (Å²) in [4.78, 5) is 27.2. The van der Waals surface area contributed by atoms with E-state index in [9.17, 15) is 9.59 Å². The second-order valence-corrected chi connectivity index (χ2v) is 4.68. The predicted octanol–water partition coefficient (Wildman–Crippen LogP) is 2.97. The molecule has 20 heavy (non-hydrogen) atoms. The molecule has 1 aromatic heterocycles. The Kier molecular flexibility index (Phi) is 4.55. The van der Waals surface area contributed by atoms with Crippen LogP contribution < -0.4 is 10.6 Å². The molecule has 0 aliphatic carbocycles. The van der Waals surface area contributed by atoms with E-state index in [2.05, 4.69) is 15.6 Å². The summed E-state index contributed by atoms with van der Waals surface area (Å²) < 4.78 is 0. The minimum absolute atomic E-state index is 0.342. The van der Waals surface area contributed by atoms with E-state index in [1.54, 1.807) is 18.3 Å². The van der Waals surface area contributed by atoms with E-state index >= 15 is 0 Å². The smallest absolute Gasteiger partial charge is 0.314 e. The van der Waals surface area contributed by atoms with Gasteiger partial charge in [0.2, 0.25) is 0 Å². The molecular weight excluding hydrogens is 301 g/mol. The van der Waals surface area contributed by atoms with Gasteiger partial charge < -0.3 is 10.6 Å². The topological polar surface area (TPSA) is 71.1 Å². The number of benzene rings is 1. The lowest BCUT2D eigenvalue weighted by atomic mass is 10.3. The van der Waals surface area contributed by atoms with Crippen LogP contribution in [0.15, 0.2) is 42.7 Å². The first-order valence-electron chi connectivity index (χ1n) is 5.53. The summed E-state index contributed by atoms with van der Waals surface area (Å²) in [6.45, 7) is 0. The monoisotopic (exact) mass is 309 g/mol. The normalized spacial score (nSPS) is 9.90. The lowest BCUT2D eigenvalue weighted by Crippen LogP contribution is -2.29. The molecule has 5 nitrogen and oxygen atoms in total. The molecule has 2 amide bonds. The van der Waals surface area contributed by atoms with Crippen molar-refractivity contribution in [2.45, 2.75) is 0 Å². The second kappa shape index (κ2) is 6.36. The van der Waals surface area contributed by atoms with Gasteiger partial charge in [-0.1, -0.05) is 23.2 Å². The maximum Gasteiger partial charge on any atom is 0.314 e. The summed E-state index contributed by atoms with van der Waals surface area (Å²) in [6.07, 6.45) is 2.99. The molecule has 102 valence electrons. The average molecular weight is 310 g/mol. The zero-order valence-corrected chi connectivity index (χ0v) is 11.6. The molecular formula is C13H9Cl2N3O2. The Morgan fingerprint density at radius 1 is 0.950 bits per heavy atom. The maximum absolute atomic E-state index is 11.7. The van der Waals surface area contributed by atoms with Gasteiger partial charge in [-0.3, -0.25) is 14.6 Å². The summed E-state index contributed by atoms with van der Waals surface area (Å²) in [7, 11) is 0. The van der Waals surface area contributed by atoms with E-state index in [1.807, 2.05) is 0 Å². The van der Waals surface area contributed by atoms with Crippen molar-refractivity contribution in [3.63, 3.8) is 0 Å². The molecule has 0 aliphatic rings. The molecule has 0 atom stereocenters. The highest BCUT2D eigenvalue weighted by Gasteiger charge is 2.14. The van der Waals surface area contributed by atoms with E-state index in [4.69, 9.17) is 23.2 Å². The standard InChI is InChI=1S/C13H9Cl2N3O2/c14-8-4-9(15)6-11(5-8)18-13(20)12(19)17-10-2-1-3-16-7-10/h1-7H,(H,17,19)(H,18,20). The van der Waals surface area contributed by atoms with Crippen molar-refractivity contribution in [2.24, 2.45) is 0 Å². The quantitative estimate of drug-likeness (QED) is 0.838. The van der Waals surface area contributed by atoms with Gasteiger partial charge in [-0.25, -0.2) is 0 Å². The lowest BCUT2D eigenvalue weighted by Gasteiger charge is -2.07. The Morgan fingerprint density at radius 3 is 2.10 bits per heavy atom. The number of anilines is 2. The van der Waals surface area contributed by atoms with Gasteiger partial charge in [0.15, 0.2) is 0 Å². The Labute approximate surface area is 124 Å². The molecule has 2 N–H and O–H groups in total. The first-order valence-corrected chi connectivity index (χ1v) is 6.28. The number of carbonyl (C=O) groups excluding carboxylic acids is 2. The Morgan fingerprint density at radius 2 is 1.55 bits per heavy atom. The molecule has 0 saturated heterocycles. The van der Waals surface area contributed by atoms with Crippen LogP contribution in [-0.2, 0) is 9.59 Å². The third kappa shape index (κ3) is 3.94. The average Bonchev–Trinajstić information content (AvgIpc) is 2.38. The number of halogens is 2. The predicted molar refractivity (Wildman–Crippen MR) is 78.0 cm³/mol. The van der Waals surface area contributed by atoms with Crippen LogP contribution in [-0.4, -0.2) is 16.8 Å². The molecule has 0 radical (unpaired) electrons. The summed E-state index contributed by atoms with van der Waals surface area (Å²) in [6, 6.07) is 7.76. The van der Waals surface area contributed by atoms with Gasteiger partial charge in [0.1, 0.15) is 0 Å². The van der Waals surface area contributed by atoms with Gasteiger partial charge in [-0.05, 0) is 30.3 Å². The van der Waals surface area contributed by atoms with Crippen molar-refractivity contribution in [3.05, 3.63) is 52.8 Å². The number of carbonyl (C=O) groups is 2. The minimum Gasteiger partial charge on any atom is -0.318 e. The fourth-order valence-corrected chi connectivity index (χ4v) is 1.96. The number of nitrogens with zero attached hydrogens (tertiary/aromatic N) is 1. The van der Waals surface area contributed by atoms with Crippen LogP contribution in [0, 0.1) is 0 Å². The number of nitrogens with one attached hydrogen (secondary N) is 2. The number of pyridine rings is 1. The lowest BCUT2D eigenvalue weighted by molar-refractivity contribution is -0.133. The highest BCUT2D eigenvalue weighted by atomic mass is 35.5. The summed E-state index contributed by atoms with van der Waals surface area (Å²) in [5, 5.41) is 5.54. The van der Waals surface area contributed by atoms with Crippen LogP contribution in [0.1, 0.15) is 0 Å². The molecule has 0 fully saturated rings. The Balaban J connectivity index is 2.02. The molecule has 0 spiro atoms. The molecule has 0 saturated carbocycles. The largest absolute Gasteiger partial charge is 0.318 e. The Bertz CT molecular complexity index is 627. The van der Waals surface area contributed by atoms with Crippen LogP contribution in [0.4, 0.5) is 11.4 Å². The van der Waals surface area contributed by atoms with E-state index in [0.29, 0.717) is 21.4 Å². The van der Waals surface area contributed by atoms with Crippen LogP contribution in [0.2, 0.25) is 10.0 Å². The summed E-state index contributed by atoms with van der Waals surface area (Å²) in [5.41, 5.74) is 0.769. The van der Waals surface area contributed by atoms with Crippen molar-refractivity contribution >= 4 is 46.4 Å². The molecule has 2 rings (SSSR count). The zero-order chi connectivity index (χ0) is 14.5. The fourth-order valence-electron chi connectivity index (χ4n) is 1.44. The van der Waals surface area contributed by atoms with Gasteiger partial charge >= 0.3 is 11.8 Å². The number of hydrogen-bond acceptors (Lipinski definition) is 3. The van der Waals surface area contributed by atoms with Crippen molar-refractivity contribution in [2.75, 3.05) is 10.6 Å². The highest BCUT2D eigenvalue weighted by Crippen LogP contribution is 2.22. The van der Waals surface area contributed by atoms with Crippen LogP contribution in [0.25, 0.3) is 0 Å². The minimum atomic E-state index is -0.827. The number of aromatic nitrogens is 1. The molecule has 1 heterocycles. The highest BCUT2D eigenvalue weighted by molar-refractivity contribution is 6.44. The Hall–Kier alpha value is -2.11. The van der Waals surface area contributed by atoms with Gasteiger partial charge in [-0.2, -0.15) is 0 Å². The third-order valence-corrected chi connectivity index (χ3v) is 2.68. The zero-order valence-electron chi connectivity index (χ0n) is 10.1. The first-order chi connectivity index (χ1) is 9.54. The van der Waals surface area contributed by atoms with Gasteiger partial charge in [0, 0.05) is 21.9 Å². The SMILES string of the molecule is O=C(Nc1cccnc1)C(=O)Nc1cc(Cl)cc(Cl)c1. The van der Waals surface area contributed by atoms with Crippen molar-refractivity contribution < 1.29 is 9.59 Å². The molecule has 0 unspecified atom stereocenters. The number of hydrogen-bond donors (Lipinski definition) is 2. The fraction of sp³-hybridized carbons (Fsp3) is 0. The number of rotatable bonds is 2. The van der Waals surface area contributed by atoms with E-state index in [1.165, 1.54) is 24.4 Å². The molecule has 0 bridgehead atoms. The molecule has 1 aromatic carbocycles. The molecule has 0 aliphatic heterocycles. The summed E-state index contributed by atoms with van der Waals surface area (Å²) in [5.74, 6) is -1.64. The van der Waals surface area contributed by atoms with E-state index in [-0.39, 0.29) is 0 Å². The van der Waals surface area contributed by atoms with Crippen LogP contribution in [0.5, 0.6) is 0 Å². The summed E-state index contributed by atoms with van der Waals surface area (Å²) >= 11 is 11.6. The van der Waals surface area contributed by atoms with Crippen molar-refractivity contribution in [1.82, 2.24) is 4.98 Å². The molecule has 2 aromatic rings. The third-order valence-electron chi connectivity index (χ3n) is 2.25. The second-order valence-electron chi connectivity index (χ2n) is 3.81. The number of amides is 2.